The van der Waals surface area contributed by atoms with Crippen LogP contribution in [0.3, 0.4) is 0 Å². The van der Waals surface area contributed by atoms with Crippen LogP contribution in [0.4, 0.5) is 10.2 Å². The SMILES string of the molecule is Cc1c(Oc2ccnc(NC3=CC=CCC3)c2)cccc1C(=O)NCc1cncc(F)c1. The van der Waals surface area contributed by atoms with E-state index >= 15 is 0 Å². The predicted octanol–water partition coefficient (Wildman–Crippen LogP) is 5.29. The van der Waals surface area contributed by atoms with E-state index in [-0.39, 0.29) is 12.5 Å². The molecule has 1 aliphatic rings. The molecule has 2 aromatic heterocycles. The summed E-state index contributed by atoms with van der Waals surface area (Å²) in [6, 6.07) is 10.2. The number of aromatic nitrogens is 2. The number of benzene rings is 1. The molecule has 3 aromatic rings. The van der Waals surface area contributed by atoms with Crippen molar-refractivity contribution >= 4 is 11.7 Å². The summed E-state index contributed by atoms with van der Waals surface area (Å²) in [5.74, 6) is 1.17. The van der Waals surface area contributed by atoms with Gasteiger partial charge in [0.05, 0.1) is 6.20 Å². The van der Waals surface area contributed by atoms with Crippen molar-refractivity contribution in [2.45, 2.75) is 26.3 Å². The summed E-state index contributed by atoms with van der Waals surface area (Å²) in [5, 5.41) is 6.11. The van der Waals surface area contributed by atoms with Gasteiger partial charge in [-0.1, -0.05) is 18.2 Å². The van der Waals surface area contributed by atoms with Gasteiger partial charge in [-0.25, -0.2) is 9.37 Å². The van der Waals surface area contributed by atoms with Gasteiger partial charge in [-0.2, -0.15) is 0 Å². The predicted molar refractivity (Wildman–Crippen MR) is 121 cm³/mol. The third kappa shape index (κ3) is 5.37. The van der Waals surface area contributed by atoms with Gasteiger partial charge in [0.15, 0.2) is 0 Å². The fraction of sp³-hybridized carbons (Fsp3) is 0.160. The first-order valence-corrected chi connectivity index (χ1v) is 10.3. The topological polar surface area (TPSA) is 76.1 Å². The second kappa shape index (κ2) is 9.87. The minimum atomic E-state index is -0.439. The number of allylic oxidation sites excluding steroid dienone is 4. The van der Waals surface area contributed by atoms with E-state index in [0.29, 0.717) is 34.0 Å². The molecular formula is C25H23FN4O2. The average Bonchev–Trinajstić information content (AvgIpc) is 2.80. The van der Waals surface area contributed by atoms with E-state index in [1.165, 1.54) is 12.3 Å². The Hall–Kier alpha value is -4.00. The number of nitrogens with zero attached hydrogens (tertiary/aromatic N) is 2. The minimum absolute atomic E-state index is 0.179. The molecule has 0 radical (unpaired) electrons. The molecule has 0 saturated heterocycles. The van der Waals surface area contributed by atoms with Gasteiger partial charge < -0.3 is 15.4 Å². The number of rotatable bonds is 7. The monoisotopic (exact) mass is 430 g/mol. The lowest BCUT2D eigenvalue weighted by molar-refractivity contribution is 0.0950. The Morgan fingerprint density at radius 1 is 1.22 bits per heavy atom. The molecule has 0 aliphatic heterocycles. The van der Waals surface area contributed by atoms with Crippen LogP contribution in [0.2, 0.25) is 0 Å². The second-order valence-electron chi connectivity index (χ2n) is 7.39. The molecule has 2 N–H and O–H groups in total. The van der Waals surface area contributed by atoms with Gasteiger partial charge in [-0.05, 0) is 55.7 Å². The normalized spacial score (nSPS) is 12.8. The third-order valence-electron chi connectivity index (χ3n) is 5.00. The van der Waals surface area contributed by atoms with Gasteiger partial charge in [-0.15, -0.1) is 0 Å². The van der Waals surface area contributed by atoms with E-state index in [1.807, 2.05) is 31.2 Å². The summed E-state index contributed by atoms with van der Waals surface area (Å²) in [7, 11) is 0. The number of halogens is 1. The Bertz CT molecular complexity index is 1190. The maximum atomic E-state index is 13.3. The van der Waals surface area contributed by atoms with E-state index < -0.39 is 5.82 Å². The zero-order valence-electron chi connectivity index (χ0n) is 17.6. The molecule has 6 nitrogen and oxygen atoms in total. The number of hydrogen-bond acceptors (Lipinski definition) is 5. The number of anilines is 1. The highest BCUT2D eigenvalue weighted by molar-refractivity contribution is 5.96. The van der Waals surface area contributed by atoms with Gasteiger partial charge in [0, 0.05) is 41.8 Å². The van der Waals surface area contributed by atoms with Gasteiger partial charge in [0.2, 0.25) is 0 Å². The van der Waals surface area contributed by atoms with Crippen LogP contribution in [0.15, 0.2) is 78.9 Å². The highest BCUT2D eigenvalue weighted by atomic mass is 19.1. The Morgan fingerprint density at radius 3 is 2.94 bits per heavy atom. The number of nitrogens with one attached hydrogen (secondary N) is 2. The van der Waals surface area contributed by atoms with Crippen LogP contribution in [0.1, 0.15) is 34.3 Å². The summed E-state index contributed by atoms with van der Waals surface area (Å²) >= 11 is 0. The number of ether oxygens (including phenoxy) is 1. The molecule has 1 aromatic carbocycles. The molecule has 0 bridgehead atoms. The number of amides is 1. The Morgan fingerprint density at radius 2 is 2.12 bits per heavy atom. The van der Waals surface area contributed by atoms with Crippen LogP contribution in [0.25, 0.3) is 0 Å². The average molecular weight is 430 g/mol. The molecule has 32 heavy (non-hydrogen) atoms. The van der Waals surface area contributed by atoms with Gasteiger partial charge in [0.25, 0.3) is 5.91 Å². The molecule has 1 amide bonds. The number of carbonyl (C=O) groups excluding carboxylic acids is 1. The first-order chi connectivity index (χ1) is 15.6. The van der Waals surface area contributed by atoms with Crippen molar-refractivity contribution in [3.05, 3.63) is 101 Å². The highest BCUT2D eigenvalue weighted by Gasteiger charge is 2.13. The Kier molecular flexibility index (Phi) is 6.55. The van der Waals surface area contributed by atoms with Gasteiger partial charge in [-0.3, -0.25) is 9.78 Å². The quantitative estimate of drug-likeness (QED) is 0.533. The van der Waals surface area contributed by atoms with Gasteiger partial charge in [0.1, 0.15) is 23.1 Å². The van der Waals surface area contributed by atoms with Crippen molar-refractivity contribution in [3.8, 4) is 11.5 Å². The molecule has 1 aliphatic carbocycles. The molecule has 162 valence electrons. The zero-order chi connectivity index (χ0) is 22.3. The van der Waals surface area contributed by atoms with E-state index in [9.17, 15) is 9.18 Å². The zero-order valence-corrected chi connectivity index (χ0v) is 17.6. The summed E-state index contributed by atoms with van der Waals surface area (Å²) in [5.41, 5.74) is 2.87. The molecule has 0 unspecified atom stereocenters. The van der Waals surface area contributed by atoms with Gasteiger partial charge >= 0.3 is 0 Å². The van der Waals surface area contributed by atoms with Crippen LogP contribution in [0, 0.1) is 12.7 Å². The van der Waals surface area contributed by atoms with Crippen molar-refractivity contribution in [3.63, 3.8) is 0 Å². The van der Waals surface area contributed by atoms with Crippen LogP contribution >= 0.6 is 0 Å². The number of pyridine rings is 2. The van der Waals surface area contributed by atoms with Crippen molar-refractivity contribution in [2.75, 3.05) is 5.32 Å². The van der Waals surface area contributed by atoms with Crippen LogP contribution in [0.5, 0.6) is 11.5 Å². The van der Waals surface area contributed by atoms with E-state index in [1.54, 1.807) is 24.4 Å². The van der Waals surface area contributed by atoms with E-state index in [0.717, 1.165) is 24.7 Å². The van der Waals surface area contributed by atoms with Crippen molar-refractivity contribution in [1.29, 1.82) is 0 Å². The molecular weight excluding hydrogens is 407 g/mol. The minimum Gasteiger partial charge on any atom is -0.457 e. The largest absolute Gasteiger partial charge is 0.457 e. The molecule has 0 spiro atoms. The summed E-state index contributed by atoms with van der Waals surface area (Å²) < 4.78 is 19.3. The maximum absolute atomic E-state index is 13.3. The lowest BCUT2D eigenvalue weighted by atomic mass is 10.1. The second-order valence-corrected chi connectivity index (χ2v) is 7.39. The molecule has 0 atom stereocenters. The third-order valence-corrected chi connectivity index (χ3v) is 5.00. The Balaban J connectivity index is 1.45. The molecule has 0 fully saturated rings. The molecule has 7 heteroatoms. The lowest BCUT2D eigenvalue weighted by Crippen LogP contribution is -2.23. The molecule has 4 rings (SSSR count). The summed E-state index contributed by atoms with van der Waals surface area (Å²) in [6.45, 7) is 2.01. The number of carbonyl (C=O) groups is 1. The van der Waals surface area contributed by atoms with Crippen molar-refractivity contribution < 1.29 is 13.9 Å². The Labute approximate surface area is 185 Å². The highest BCUT2D eigenvalue weighted by Crippen LogP contribution is 2.28. The number of hydrogen-bond donors (Lipinski definition) is 2. The maximum Gasteiger partial charge on any atom is 0.251 e. The van der Waals surface area contributed by atoms with Crippen LogP contribution in [-0.2, 0) is 6.54 Å². The summed E-state index contributed by atoms with van der Waals surface area (Å²) in [4.78, 5) is 20.8. The summed E-state index contributed by atoms with van der Waals surface area (Å²) in [6.07, 6.45) is 12.4. The smallest absolute Gasteiger partial charge is 0.251 e. The lowest BCUT2D eigenvalue weighted by Gasteiger charge is -2.14. The van der Waals surface area contributed by atoms with Crippen LogP contribution < -0.4 is 15.4 Å². The molecule has 2 heterocycles. The van der Waals surface area contributed by atoms with E-state index in [4.69, 9.17) is 4.74 Å². The van der Waals surface area contributed by atoms with Crippen molar-refractivity contribution in [1.82, 2.24) is 15.3 Å². The van der Waals surface area contributed by atoms with E-state index in [2.05, 4.69) is 26.7 Å². The first kappa shape index (κ1) is 21.2. The fourth-order valence-electron chi connectivity index (χ4n) is 3.34. The first-order valence-electron chi connectivity index (χ1n) is 10.3. The van der Waals surface area contributed by atoms with Crippen LogP contribution in [-0.4, -0.2) is 15.9 Å². The molecule has 0 saturated carbocycles. The standard InChI is InChI=1S/C25H23FN4O2/c1-17-22(25(31)29-15-18-12-19(26)16-27-14-18)8-5-9-23(17)32-21-10-11-28-24(13-21)30-20-6-3-2-4-7-20/h2-3,5-6,8-14,16H,4,7,15H2,1H3,(H,28,30)(H,29,31). The fourth-order valence-corrected chi connectivity index (χ4v) is 3.34. The van der Waals surface area contributed by atoms with Crippen molar-refractivity contribution in [2.24, 2.45) is 0 Å².